The van der Waals surface area contributed by atoms with E-state index in [9.17, 15) is 0 Å². The van der Waals surface area contributed by atoms with Gasteiger partial charge in [0.1, 0.15) is 6.61 Å². The third-order valence-electron chi connectivity index (χ3n) is 1.98. The van der Waals surface area contributed by atoms with Gasteiger partial charge in [-0.3, -0.25) is 0 Å². The molecule has 1 rings (SSSR count). The first-order valence-electron chi connectivity index (χ1n) is 5.79. The minimum absolute atomic E-state index is 0.484. The van der Waals surface area contributed by atoms with Gasteiger partial charge in [-0.15, -0.1) is 5.73 Å². The summed E-state index contributed by atoms with van der Waals surface area (Å²) >= 11 is 0. The monoisotopic (exact) mass is 226 g/mol. The van der Waals surface area contributed by atoms with E-state index in [1.54, 1.807) is 0 Å². The topological polar surface area (TPSA) is 9.23 Å². The quantitative estimate of drug-likeness (QED) is 0.433. The van der Waals surface area contributed by atoms with Crippen LogP contribution in [0.1, 0.15) is 25.8 Å². The molecule has 0 heterocycles. The van der Waals surface area contributed by atoms with Crippen LogP contribution in [0, 0.1) is 11.8 Å². The number of benzene rings is 1. The molecule has 0 unspecified atom stereocenters. The summed E-state index contributed by atoms with van der Waals surface area (Å²) in [7, 11) is 0. The predicted molar refractivity (Wildman–Crippen MR) is 71.7 cm³/mol. The van der Waals surface area contributed by atoms with Crippen molar-refractivity contribution >= 4 is 0 Å². The molecule has 0 fully saturated rings. The van der Waals surface area contributed by atoms with Crippen LogP contribution in [0.4, 0.5) is 0 Å². The second kappa shape index (κ2) is 8.42. The Morgan fingerprint density at radius 2 is 2.00 bits per heavy atom. The minimum Gasteiger partial charge on any atom is -0.368 e. The Hall–Kier alpha value is -1.74. The summed E-state index contributed by atoms with van der Waals surface area (Å²) < 4.78 is 5.38. The Morgan fingerprint density at radius 1 is 1.24 bits per heavy atom. The van der Waals surface area contributed by atoms with Gasteiger partial charge < -0.3 is 4.74 Å². The molecule has 0 aliphatic rings. The van der Waals surface area contributed by atoms with Crippen molar-refractivity contribution in [3.8, 4) is 11.8 Å². The first kappa shape index (κ1) is 13.3. The molecule has 0 saturated carbocycles. The zero-order chi connectivity index (χ0) is 12.3. The summed E-state index contributed by atoms with van der Waals surface area (Å²) in [6.45, 7) is 5.24. The molecule has 0 spiro atoms. The van der Waals surface area contributed by atoms with Crippen molar-refractivity contribution in [3.05, 3.63) is 53.3 Å². The molecule has 17 heavy (non-hydrogen) atoms. The van der Waals surface area contributed by atoms with E-state index >= 15 is 0 Å². The fourth-order valence-electron chi connectivity index (χ4n) is 1.20. The molecule has 88 valence electrons. The van der Waals surface area contributed by atoms with Crippen LogP contribution in [0.5, 0.6) is 0 Å². The SMILES string of the molecule is CC(C)=C=CCCOCC#Cc1ccccc1. The molecule has 1 aromatic rings. The van der Waals surface area contributed by atoms with E-state index in [2.05, 4.69) is 17.6 Å². The second-order valence-electron chi connectivity index (χ2n) is 3.86. The van der Waals surface area contributed by atoms with Crippen molar-refractivity contribution in [1.29, 1.82) is 0 Å². The van der Waals surface area contributed by atoms with Crippen LogP contribution < -0.4 is 0 Å². The van der Waals surface area contributed by atoms with Crippen LogP contribution in [0.3, 0.4) is 0 Å². The highest BCUT2D eigenvalue weighted by atomic mass is 16.5. The molecule has 0 aliphatic carbocycles. The second-order valence-corrected chi connectivity index (χ2v) is 3.86. The fourth-order valence-corrected chi connectivity index (χ4v) is 1.20. The molecule has 1 heteroatoms. The zero-order valence-corrected chi connectivity index (χ0v) is 10.5. The van der Waals surface area contributed by atoms with E-state index in [4.69, 9.17) is 4.74 Å². The Labute approximate surface area is 104 Å². The van der Waals surface area contributed by atoms with Gasteiger partial charge in [0.2, 0.25) is 0 Å². The Kier molecular flexibility index (Phi) is 6.60. The van der Waals surface area contributed by atoms with Crippen molar-refractivity contribution in [2.75, 3.05) is 13.2 Å². The van der Waals surface area contributed by atoms with Crippen molar-refractivity contribution in [3.63, 3.8) is 0 Å². The molecule has 0 amide bonds. The summed E-state index contributed by atoms with van der Waals surface area (Å²) in [6, 6.07) is 9.93. The van der Waals surface area contributed by atoms with E-state index in [0.29, 0.717) is 13.2 Å². The minimum atomic E-state index is 0.484. The van der Waals surface area contributed by atoms with E-state index < -0.39 is 0 Å². The van der Waals surface area contributed by atoms with Crippen LogP contribution in [-0.4, -0.2) is 13.2 Å². The molecule has 0 N–H and O–H groups in total. The van der Waals surface area contributed by atoms with E-state index in [-0.39, 0.29) is 0 Å². The van der Waals surface area contributed by atoms with Crippen LogP contribution in [0.25, 0.3) is 0 Å². The van der Waals surface area contributed by atoms with E-state index in [0.717, 1.165) is 12.0 Å². The average Bonchev–Trinajstić information content (AvgIpc) is 2.33. The van der Waals surface area contributed by atoms with Gasteiger partial charge in [-0.25, -0.2) is 0 Å². The molecule has 0 saturated heterocycles. The number of ether oxygens (including phenoxy) is 1. The standard InChI is InChI=1S/C16H18O/c1-15(2)9-6-7-13-17-14-8-12-16-10-4-3-5-11-16/h3-6,10-11H,7,13-14H2,1-2H3. The van der Waals surface area contributed by atoms with Gasteiger partial charge in [0.25, 0.3) is 0 Å². The summed E-state index contributed by atoms with van der Waals surface area (Å²) in [4.78, 5) is 0. The predicted octanol–water partition coefficient (Wildman–Crippen LogP) is 3.57. The average molecular weight is 226 g/mol. The lowest BCUT2D eigenvalue weighted by molar-refractivity contribution is 0.172. The van der Waals surface area contributed by atoms with Gasteiger partial charge in [-0.2, -0.15) is 0 Å². The lowest BCUT2D eigenvalue weighted by Gasteiger charge is -1.94. The van der Waals surface area contributed by atoms with Crippen molar-refractivity contribution in [2.45, 2.75) is 20.3 Å². The molecule has 0 radical (unpaired) electrons. The first-order valence-corrected chi connectivity index (χ1v) is 5.79. The number of rotatable bonds is 4. The molecular weight excluding hydrogens is 208 g/mol. The lowest BCUT2D eigenvalue weighted by atomic mass is 10.2. The maximum absolute atomic E-state index is 5.38. The van der Waals surface area contributed by atoms with Gasteiger partial charge in [0.05, 0.1) is 6.61 Å². The smallest absolute Gasteiger partial charge is 0.108 e. The highest BCUT2D eigenvalue weighted by Gasteiger charge is 1.83. The first-order chi connectivity index (χ1) is 8.29. The van der Waals surface area contributed by atoms with Crippen LogP contribution in [0.2, 0.25) is 0 Å². The van der Waals surface area contributed by atoms with Gasteiger partial charge in [-0.05, 0) is 44.1 Å². The van der Waals surface area contributed by atoms with Gasteiger partial charge in [0.15, 0.2) is 0 Å². The summed E-state index contributed by atoms with van der Waals surface area (Å²) in [5.41, 5.74) is 5.35. The van der Waals surface area contributed by atoms with Crippen LogP contribution in [-0.2, 0) is 4.74 Å². The largest absolute Gasteiger partial charge is 0.368 e. The number of hydrogen-bond donors (Lipinski definition) is 0. The maximum Gasteiger partial charge on any atom is 0.108 e. The van der Waals surface area contributed by atoms with Crippen molar-refractivity contribution < 1.29 is 4.74 Å². The molecule has 0 aliphatic heterocycles. The summed E-state index contributed by atoms with van der Waals surface area (Å²) in [5.74, 6) is 6.04. The molecule has 1 aromatic carbocycles. The van der Waals surface area contributed by atoms with Crippen LogP contribution >= 0.6 is 0 Å². The molecule has 0 atom stereocenters. The molecule has 0 bridgehead atoms. The molecule has 1 nitrogen and oxygen atoms in total. The van der Waals surface area contributed by atoms with E-state index in [1.807, 2.05) is 50.3 Å². The number of hydrogen-bond acceptors (Lipinski definition) is 1. The Balaban J connectivity index is 2.17. The lowest BCUT2D eigenvalue weighted by Crippen LogP contribution is -1.92. The Bertz CT molecular complexity index is 435. The van der Waals surface area contributed by atoms with Crippen molar-refractivity contribution in [2.24, 2.45) is 0 Å². The van der Waals surface area contributed by atoms with Crippen molar-refractivity contribution in [1.82, 2.24) is 0 Å². The normalized spacial score (nSPS) is 8.82. The Morgan fingerprint density at radius 3 is 2.71 bits per heavy atom. The van der Waals surface area contributed by atoms with E-state index in [1.165, 1.54) is 5.57 Å². The van der Waals surface area contributed by atoms with Gasteiger partial charge in [0, 0.05) is 5.56 Å². The van der Waals surface area contributed by atoms with Crippen LogP contribution in [0.15, 0.2) is 47.7 Å². The highest BCUT2D eigenvalue weighted by Crippen LogP contribution is 1.94. The third kappa shape index (κ3) is 7.19. The fraction of sp³-hybridized carbons (Fsp3) is 0.312. The van der Waals surface area contributed by atoms with Gasteiger partial charge >= 0.3 is 0 Å². The third-order valence-corrected chi connectivity index (χ3v) is 1.98. The molecule has 0 aromatic heterocycles. The summed E-state index contributed by atoms with van der Waals surface area (Å²) in [6.07, 6.45) is 2.89. The maximum atomic E-state index is 5.38. The summed E-state index contributed by atoms with van der Waals surface area (Å²) in [5, 5.41) is 0. The van der Waals surface area contributed by atoms with Gasteiger partial charge in [-0.1, -0.05) is 30.0 Å². The molecular formula is C16H18O. The highest BCUT2D eigenvalue weighted by molar-refractivity contribution is 5.33. The zero-order valence-electron chi connectivity index (χ0n) is 10.5.